The molecule has 0 spiro atoms. The maximum absolute atomic E-state index is 2.33. The normalized spacial score (nSPS) is 41.0. The van der Waals surface area contributed by atoms with Crippen molar-refractivity contribution in [2.45, 2.75) is 12.8 Å². The molecule has 0 saturated carbocycles. The van der Waals surface area contributed by atoms with Gasteiger partial charge >= 0.3 is 0 Å². The second-order valence-corrected chi connectivity index (χ2v) is 2.66. The van der Waals surface area contributed by atoms with Crippen molar-refractivity contribution in [2.24, 2.45) is 11.8 Å². The SMILES string of the molecule is C1=CC[C@H]2C=C[C@@H]2C1. The van der Waals surface area contributed by atoms with E-state index in [0.717, 1.165) is 11.8 Å². The van der Waals surface area contributed by atoms with Gasteiger partial charge in [-0.3, -0.25) is 0 Å². The van der Waals surface area contributed by atoms with E-state index in [4.69, 9.17) is 0 Å². The van der Waals surface area contributed by atoms with E-state index in [0.29, 0.717) is 0 Å². The van der Waals surface area contributed by atoms with Gasteiger partial charge in [0, 0.05) is 0 Å². The van der Waals surface area contributed by atoms with E-state index in [1.165, 1.54) is 12.8 Å². The topological polar surface area (TPSA) is 0 Å². The Hall–Kier alpha value is -0.520. The van der Waals surface area contributed by atoms with E-state index in [9.17, 15) is 0 Å². The molecule has 0 heteroatoms. The second kappa shape index (κ2) is 1.48. The molecule has 0 aliphatic heterocycles. The summed E-state index contributed by atoms with van der Waals surface area (Å²) < 4.78 is 0. The minimum atomic E-state index is 0.917. The fraction of sp³-hybridized carbons (Fsp3) is 0.500. The summed E-state index contributed by atoms with van der Waals surface area (Å²) in [7, 11) is 0. The molecule has 42 valence electrons. The van der Waals surface area contributed by atoms with Crippen molar-refractivity contribution in [2.75, 3.05) is 0 Å². The number of fused-ring (bicyclic) bond motifs is 1. The van der Waals surface area contributed by atoms with Gasteiger partial charge in [-0.05, 0) is 24.7 Å². The van der Waals surface area contributed by atoms with Gasteiger partial charge in [-0.15, -0.1) is 0 Å². The molecule has 0 fully saturated rings. The van der Waals surface area contributed by atoms with Crippen LogP contribution in [0.1, 0.15) is 12.8 Å². The average Bonchev–Trinajstić information content (AvgIpc) is 1.72. The summed E-state index contributed by atoms with van der Waals surface area (Å²) in [4.78, 5) is 0. The van der Waals surface area contributed by atoms with Crippen molar-refractivity contribution in [3.63, 3.8) is 0 Å². The van der Waals surface area contributed by atoms with Crippen LogP contribution in [0.25, 0.3) is 0 Å². The first-order chi connectivity index (χ1) is 3.97. The van der Waals surface area contributed by atoms with Crippen molar-refractivity contribution in [1.82, 2.24) is 0 Å². The predicted molar refractivity (Wildman–Crippen MR) is 34.5 cm³/mol. The Kier molecular flexibility index (Phi) is 0.806. The second-order valence-electron chi connectivity index (χ2n) is 2.66. The first-order valence-corrected chi connectivity index (χ1v) is 3.30. The lowest BCUT2D eigenvalue weighted by Gasteiger charge is -2.30. The van der Waals surface area contributed by atoms with Crippen LogP contribution < -0.4 is 0 Å². The summed E-state index contributed by atoms with van der Waals surface area (Å²) in [6.45, 7) is 0. The molecule has 2 atom stereocenters. The lowest BCUT2D eigenvalue weighted by atomic mass is 9.75. The Bertz CT molecular complexity index is 124. The monoisotopic (exact) mass is 106 g/mol. The predicted octanol–water partition coefficient (Wildman–Crippen LogP) is 2.14. The van der Waals surface area contributed by atoms with Gasteiger partial charge in [0.05, 0.1) is 0 Å². The Morgan fingerprint density at radius 2 is 1.38 bits per heavy atom. The van der Waals surface area contributed by atoms with Crippen molar-refractivity contribution in [3.05, 3.63) is 24.3 Å². The summed E-state index contributed by atoms with van der Waals surface area (Å²) in [5, 5.41) is 0. The molecule has 2 aliphatic rings. The highest BCUT2D eigenvalue weighted by Crippen LogP contribution is 2.34. The molecule has 0 amide bonds. The first-order valence-electron chi connectivity index (χ1n) is 3.30. The molecule has 8 heavy (non-hydrogen) atoms. The van der Waals surface area contributed by atoms with Crippen LogP contribution in [0.4, 0.5) is 0 Å². The summed E-state index contributed by atoms with van der Waals surface area (Å²) in [5.41, 5.74) is 0. The first kappa shape index (κ1) is 4.37. The maximum atomic E-state index is 2.33. The van der Waals surface area contributed by atoms with Gasteiger partial charge in [0.2, 0.25) is 0 Å². The number of allylic oxidation sites excluding steroid dienone is 4. The quantitative estimate of drug-likeness (QED) is 0.415. The molecule has 0 radical (unpaired) electrons. The van der Waals surface area contributed by atoms with Gasteiger partial charge in [0.15, 0.2) is 0 Å². The van der Waals surface area contributed by atoms with E-state index in [1.54, 1.807) is 0 Å². The smallest absolute Gasteiger partial charge is 0.0133 e. The van der Waals surface area contributed by atoms with Crippen LogP contribution in [0, 0.1) is 11.8 Å². The Morgan fingerprint density at radius 1 is 0.875 bits per heavy atom. The fourth-order valence-electron chi connectivity index (χ4n) is 1.44. The molecule has 0 bridgehead atoms. The summed E-state index contributed by atoms with van der Waals surface area (Å²) in [6, 6.07) is 0. The highest BCUT2D eigenvalue weighted by Gasteiger charge is 2.23. The molecule has 0 heterocycles. The molecule has 2 rings (SSSR count). The van der Waals surface area contributed by atoms with Gasteiger partial charge < -0.3 is 0 Å². The molecule has 0 nitrogen and oxygen atoms in total. The third-order valence-corrected chi connectivity index (χ3v) is 2.14. The van der Waals surface area contributed by atoms with Gasteiger partial charge in [-0.25, -0.2) is 0 Å². The van der Waals surface area contributed by atoms with Crippen LogP contribution in [0.5, 0.6) is 0 Å². The lowest BCUT2D eigenvalue weighted by molar-refractivity contribution is 0.417. The zero-order chi connectivity index (χ0) is 5.40. The minimum Gasteiger partial charge on any atom is -0.0879 e. The van der Waals surface area contributed by atoms with Crippen LogP contribution in [-0.2, 0) is 0 Å². The van der Waals surface area contributed by atoms with Crippen molar-refractivity contribution in [1.29, 1.82) is 0 Å². The molecular formula is C8H10. The third-order valence-electron chi connectivity index (χ3n) is 2.14. The minimum absolute atomic E-state index is 0.917. The Balaban J connectivity index is 2.15. The zero-order valence-corrected chi connectivity index (χ0v) is 4.88. The Labute approximate surface area is 49.9 Å². The van der Waals surface area contributed by atoms with Crippen LogP contribution in [-0.4, -0.2) is 0 Å². The average molecular weight is 106 g/mol. The van der Waals surface area contributed by atoms with Gasteiger partial charge in [-0.1, -0.05) is 24.3 Å². The number of hydrogen-bond acceptors (Lipinski definition) is 0. The van der Waals surface area contributed by atoms with Crippen molar-refractivity contribution in [3.8, 4) is 0 Å². The zero-order valence-electron chi connectivity index (χ0n) is 4.88. The third kappa shape index (κ3) is 0.459. The molecule has 0 aromatic heterocycles. The van der Waals surface area contributed by atoms with Gasteiger partial charge in [0.1, 0.15) is 0 Å². The fourth-order valence-corrected chi connectivity index (χ4v) is 1.44. The van der Waals surface area contributed by atoms with E-state index < -0.39 is 0 Å². The molecule has 0 N–H and O–H groups in total. The lowest BCUT2D eigenvalue weighted by Crippen LogP contribution is -2.19. The highest BCUT2D eigenvalue weighted by molar-refractivity contribution is 5.15. The molecular weight excluding hydrogens is 96.1 g/mol. The summed E-state index contributed by atoms with van der Waals surface area (Å²) >= 11 is 0. The molecule has 2 aliphatic carbocycles. The molecule has 0 aromatic rings. The molecule has 0 aromatic carbocycles. The molecule has 0 unspecified atom stereocenters. The van der Waals surface area contributed by atoms with Crippen LogP contribution >= 0.6 is 0 Å². The largest absolute Gasteiger partial charge is 0.0879 e. The summed E-state index contributed by atoms with van der Waals surface area (Å²) in [5.74, 6) is 1.83. The highest BCUT2D eigenvalue weighted by atomic mass is 14.3. The van der Waals surface area contributed by atoms with Gasteiger partial charge in [0.25, 0.3) is 0 Å². The van der Waals surface area contributed by atoms with Crippen molar-refractivity contribution >= 4 is 0 Å². The van der Waals surface area contributed by atoms with Gasteiger partial charge in [-0.2, -0.15) is 0 Å². The number of rotatable bonds is 0. The number of hydrogen-bond donors (Lipinski definition) is 0. The van der Waals surface area contributed by atoms with E-state index in [1.807, 2.05) is 0 Å². The van der Waals surface area contributed by atoms with E-state index in [2.05, 4.69) is 24.3 Å². The van der Waals surface area contributed by atoms with Crippen molar-refractivity contribution < 1.29 is 0 Å². The summed E-state index contributed by atoms with van der Waals surface area (Å²) in [6.07, 6.45) is 11.8. The van der Waals surface area contributed by atoms with E-state index >= 15 is 0 Å². The Morgan fingerprint density at radius 3 is 1.62 bits per heavy atom. The maximum Gasteiger partial charge on any atom is -0.0133 e. The standard InChI is InChI=1S/C8H10/c1-2-4-8-6-5-7(8)3-1/h1-2,5-8H,3-4H2/t7-,8-/m0/s1. The van der Waals surface area contributed by atoms with E-state index in [-0.39, 0.29) is 0 Å². The van der Waals surface area contributed by atoms with Crippen LogP contribution in [0.15, 0.2) is 24.3 Å². The van der Waals surface area contributed by atoms with Crippen LogP contribution in [0.2, 0.25) is 0 Å². The van der Waals surface area contributed by atoms with Crippen LogP contribution in [0.3, 0.4) is 0 Å². The molecule has 0 saturated heterocycles.